The lowest BCUT2D eigenvalue weighted by atomic mass is 10.1. The highest BCUT2D eigenvalue weighted by molar-refractivity contribution is 7.83. The first kappa shape index (κ1) is 29.2. The molecule has 1 aliphatic heterocycles. The maximum Gasteiger partial charge on any atom is 0.362 e. The average molecular weight is 574 g/mol. The topological polar surface area (TPSA) is 203 Å². The van der Waals surface area contributed by atoms with Crippen LogP contribution in [0.3, 0.4) is 0 Å². The summed E-state index contributed by atoms with van der Waals surface area (Å²) < 4.78 is 37.2. The summed E-state index contributed by atoms with van der Waals surface area (Å²) in [5, 5.41) is 28.0. The van der Waals surface area contributed by atoms with Crippen molar-refractivity contribution in [2.45, 2.75) is 31.7 Å². The number of nitrogens with one attached hydrogen (secondary N) is 2. The third-order valence-electron chi connectivity index (χ3n) is 6.20. The highest BCUT2D eigenvalue weighted by atomic mass is 35.5. The molecule has 2 atom stereocenters. The summed E-state index contributed by atoms with van der Waals surface area (Å²) in [4.78, 5) is 37.9. The molecule has 0 bridgehead atoms. The zero-order chi connectivity index (χ0) is 28.0. The highest BCUT2D eigenvalue weighted by Crippen LogP contribution is 2.35. The standard InChI is InChI=1S/C22H28ClN5O9S/c1-2-14(28(12-29)38(34,35)36)10-25-22(33)18-9-16(26-37-18)13-5-7-27(11-13)8-6-24-21(32)15-3-4-17(30)20(31)19(15)23/h3-4,9,12-14,30-31H,2,5-8,10-11H2,1H3,(H,24,32)(H,25,33)(H,34,35,36)/t13?,14-/m1/s1. The second kappa shape index (κ2) is 12.4. The molecule has 208 valence electrons. The van der Waals surface area contributed by atoms with Crippen molar-refractivity contribution in [2.24, 2.45) is 0 Å². The first-order valence-electron chi connectivity index (χ1n) is 11.6. The van der Waals surface area contributed by atoms with Gasteiger partial charge in [0.2, 0.25) is 12.2 Å². The van der Waals surface area contributed by atoms with E-state index in [9.17, 15) is 33.0 Å². The summed E-state index contributed by atoms with van der Waals surface area (Å²) in [5.74, 6) is -2.23. The van der Waals surface area contributed by atoms with Crippen LogP contribution in [0.2, 0.25) is 5.02 Å². The summed E-state index contributed by atoms with van der Waals surface area (Å²) in [6, 6.07) is 3.00. The number of hydrogen-bond donors (Lipinski definition) is 5. The third kappa shape index (κ3) is 6.92. The number of amides is 3. The van der Waals surface area contributed by atoms with Gasteiger partial charge in [0.1, 0.15) is 0 Å². The van der Waals surface area contributed by atoms with Crippen molar-refractivity contribution in [2.75, 3.05) is 32.7 Å². The van der Waals surface area contributed by atoms with E-state index in [-0.39, 0.29) is 45.9 Å². The molecule has 0 spiro atoms. The van der Waals surface area contributed by atoms with Crippen LogP contribution in [0.25, 0.3) is 0 Å². The van der Waals surface area contributed by atoms with Gasteiger partial charge in [0.25, 0.3) is 11.8 Å². The summed E-state index contributed by atoms with van der Waals surface area (Å²) in [5.41, 5.74) is 0.601. The van der Waals surface area contributed by atoms with E-state index < -0.39 is 39.7 Å². The van der Waals surface area contributed by atoms with E-state index in [1.165, 1.54) is 18.2 Å². The van der Waals surface area contributed by atoms with Gasteiger partial charge in [0, 0.05) is 38.2 Å². The molecule has 2 heterocycles. The average Bonchev–Trinajstić information content (AvgIpc) is 3.54. The molecule has 2 aromatic rings. The highest BCUT2D eigenvalue weighted by Gasteiger charge is 2.29. The fraction of sp³-hybridized carbons (Fsp3) is 0.455. The number of aromatic hydroxyl groups is 2. The number of likely N-dealkylation sites (tertiary alicyclic amines) is 1. The molecule has 1 saturated heterocycles. The number of benzene rings is 1. The van der Waals surface area contributed by atoms with Gasteiger partial charge < -0.3 is 30.3 Å². The van der Waals surface area contributed by atoms with E-state index in [0.29, 0.717) is 31.9 Å². The van der Waals surface area contributed by atoms with Crippen molar-refractivity contribution < 1.29 is 42.1 Å². The Morgan fingerprint density at radius 2 is 2.05 bits per heavy atom. The van der Waals surface area contributed by atoms with Crippen LogP contribution in [0.1, 0.15) is 52.3 Å². The molecule has 3 amide bonds. The number of aromatic nitrogens is 1. The molecule has 3 rings (SSSR count). The van der Waals surface area contributed by atoms with Crippen LogP contribution in [-0.2, 0) is 15.1 Å². The van der Waals surface area contributed by atoms with E-state index in [1.807, 2.05) is 0 Å². The molecular weight excluding hydrogens is 546 g/mol. The number of nitrogens with zero attached hydrogens (tertiary/aromatic N) is 3. The van der Waals surface area contributed by atoms with Gasteiger partial charge in [-0.25, -0.2) is 4.31 Å². The summed E-state index contributed by atoms with van der Waals surface area (Å²) in [6.07, 6.45) is 0.871. The van der Waals surface area contributed by atoms with Crippen molar-refractivity contribution >= 4 is 40.1 Å². The molecule has 0 saturated carbocycles. The molecule has 5 N–H and O–H groups in total. The van der Waals surface area contributed by atoms with Crippen LogP contribution >= 0.6 is 11.6 Å². The molecule has 1 unspecified atom stereocenters. The minimum absolute atomic E-state index is 0.0204. The normalized spacial score (nSPS) is 16.7. The largest absolute Gasteiger partial charge is 0.504 e. The first-order valence-corrected chi connectivity index (χ1v) is 13.4. The van der Waals surface area contributed by atoms with E-state index in [2.05, 4.69) is 20.7 Å². The fourth-order valence-electron chi connectivity index (χ4n) is 4.06. The van der Waals surface area contributed by atoms with Gasteiger partial charge in [-0.15, -0.1) is 0 Å². The Morgan fingerprint density at radius 1 is 1.32 bits per heavy atom. The van der Waals surface area contributed by atoms with E-state index in [0.717, 1.165) is 6.42 Å². The van der Waals surface area contributed by atoms with Gasteiger partial charge in [0.05, 0.1) is 22.3 Å². The fourth-order valence-corrected chi connectivity index (χ4v) is 5.01. The van der Waals surface area contributed by atoms with Gasteiger partial charge in [-0.1, -0.05) is 23.7 Å². The number of hydrogen-bond acceptors (Lipinski definition) is 10. The zero-order valence-electron chi connectivity index (χ0n) is 20.3. The van der Waals surface area contributed by atoms with Crippen molar-refractivity contribution in [1.82, 2.24) is 25.0 Å². The first-order chi connectivity index (χ1) is 18.0. The molecule has 0 aliphatic carbocycles. The number of carbonyl (C=O) groups is 3. The molecular formula is C22H28ClN5O9S. The maximum absolute atomic E-state index is 12.5. The van der Waals surface area contributed by atoms with Gasteiger partial charge in [-0.2, -0.15) is 8.42 Å². The lowest BCUT2D eigenvalue weighted by molar-refractivity contribution is -0.115. The molecule has 1 aromatic heterocycles. The van der Waals surface area contributed by atoms with Crippen LogP contribution in [0.5, 0.6) is 11.5 Å². The van der Waals surface area contributed by atoms with E-state index in [1.54, 1.807) is 6.92 Å². The van der Waals surface area contributed by atoms with Crippen LogP contribution in [0.15, 0.2) is 22.7 Å². The Labute approximate surface area is 223 Å². The lowest BCUT2D eigenvalue weighted by Crippen LogP contribution is -2.45. The minimum atomic E-state index is -4.76. The second-order valence-electron chi connectivity index (χ2n) is 8.64. The molecule has 1 aliphatic rings. The lowest BCUT2D eigenvalue weighted by Gasteiger charge is -2.23. The molecule has 1 aromatic carbocycles. The summed E-state index contributed by atoms with van der Waals surface area (Å²) >= 11 is 5.92. The predicted octanol–water partition coefficient (Wildman–Crippen LogP) is 0.728. The Kier molecular flexibility index (Phi) is 9.54. The van der Waals surface area contributed by atoms with E-state index >= 15 is 0 Å². The third-order valence-corrected chi connectivity index (χ3v) is 7.50. The number of carbonyl (C=O) groups excluding carboxylic acids is 3. The number of halogens is 1. The maximum atomic E-state index is 12.5. The molecule has 38 heavy (non-hydrogen) atoms. The Hall–Kier alpha value is -3.40. The molecule has 1 fully saturated rings. The Morgan fingerprint density at radius 3 is 2.71 bits per heavy atom. The zero-order valence-corrected chi connectivity index (χ0v) is 21.9. The minimum Gasteiger partial charge on any atom is -0.504 e. The van der Waals surface area contributed by atoms with Crippen molar-refractivity contribution in [1.29, 1.82) is 0 Å². The monoisotopic (exact) mass is 573 g/mol. The van der Waals surface area contributed by atoms with Crippen LogP contribution < -0.4 is 10.6 Å². The van der Waals surface area contributed by atoms with Gasteiger partial charge in [0.15, 0.2) is 11.5 Å². The van der Waals surface area contributed by atoms with Crippen molar-refractivity contribution in [3.8, 4) is 11.5 Å². The molecule has 16 heteroatoms. The number of phenolic OH excluding ortho intramolecular Hbond substituents is 2. The summed E-state index contributed by atoms with van der Waals surface area (Å²) in [7, 11) is -4.76. The van der Waals surface area contributed by atoms with Gasteiger partial charge >= 0.3 is 10.3 Å². The van der Waals surface area contributed by atoms with E-state index in [4.69, 9.17) is 20.7 Å². The van der Waals surface area contributed by atoms with Crippen molar-refractivity contribution in [3.63, 3.8) is 0 Å². The van der Waals surface area contributed by atoms with Gasteiger partial charge in [-0.05, 0) is 31.5 Å². The van der Waals surface area contributed by atoms with Gasteiger partial charge in [-0.3, -0.25) is 18.9 Å². The molecule has 14 nitrogen and oxygen atoms in total. The van der Waals surface area contributed by atoms with Crippen LogP contribution in [0, 0.1) is 0 Å². The van der Waals surface area contributed by atoms with Crippen LogP contribution in [0.4, 0.5) is 0 Å². The Balaban J connectivity index is 1.48. The summed E-state index contributed by atoms with van der Waals surface area (Å²) in [6.45, 7) is 3.50. The smallest absolute Gasteiger partial charge is 0.362 e. The van der Waals surface area contributed by atoms with Crippen LogP contribution in [-0.4, -0.2) is 94.5 Å². The predicted molar refractivity (Wildman–Crippen MR) is 133 cm³/mol. The second-order valence-corrected chi connectivity index (χ2v) is 10.3. The SMILES string of the molecule is CC[C@H](CNC(=O)c1cc(C2CCN(CCNC(=O)c3ccc(O)c(O)c3Cl)C2)no1)N(C=O)S(=O)(=O)O. The number of phenols is 2. The van der Waals surface area contributed by atoms with Crippen molar-refractivity contribution in [3.05, 3.63) is 40.2 Å². The quantitative estimate of drug-likeness (QED) is 0.136. The Bertz CT molecular complexity index is 1290. The number of rotatable bonds is 12. The molecule has 0 radical (unpaired) electrons.